The highest BCUT2D eigenvalue weighted by molar-refractivity contribution is 6.39. The maximum atomic E-state index is 12.0. The Hall–Kier alpha value is -0.770. The van der Waals surface area contributed by atoms with Gasteiger partial charge >= 0.3 is 0 Å². The molecule has 1 saturated heterocycles. The molecule has 0 bridgehead atoms. The third-order valence-corrected chi connectivity index (χ3v) is 3.74. The molecule has 1 atom stereocenters. The number of carbonyl (C=O) groups is 1. The molecule has 0 radical (unpaired) electrons. The molecule has 1 unspecified atom stereocenters. The molecule has 1 aromatic rings. The molecule has 3 nitrogen and oxygen atoms in total. The molecule has 5 heteroatoms. The molecule has 0 aromatic heterocycles. The lowest BCUT2D eigenvalue weighted by molar-refractivity contribution is 0.0859. The van der Waals surface area contributed by atoms with Crippen LogP contribution >= 0.6 is 23.2 Å². The minimum absolute atomic E-state index is 0.0225. The van der Waals surface area contributed by atoms with E-state index in [0.717, 1.165) is 25.9 Å². The molecular weight excluding hydrogens is 273 g/mol. The summed E-state index contributed by atoms with van der Waals surface area (Å²) in [6.45, 7) is 0.804. The van der Waals surface area contributed by atoms with Gasteiger partial charge < -0.3 is 10.5 Å². The van der Waals surface area contributed by atoms with Crippen LogP contribution < -0.4 is 5.73 Å². The second-order valence-electron chi connectivity index (χ2n) is 4.45. The number of anilines is 1. The van der Waals surface area contributed by atoms with Crippen LogP contribution in [0.4, 0.5) is 5.69 Å². The summed E-state index contributed by atoms with van der Waals surface area (Å²) in [7, 11) is 0. The number of Topliss-reactive ketones (excluding diaryl/α,β-unsaturated/α-hetero) is 1. The molecule has 1 aromatic carbocycles. The summed E-state index contributed by atoms with van der Waals surface area (Å²) in [4.78, 5) is 12.0. The minimum Gasteiger partial charge on any atom is -0.396 e. The van der Waals surface area contributed by atoms with Gasteiger partial charge in [-0.3, -0.25) is 4.79 Å². The summed E-state index contributed by atoms with van der Waals surface area (Å²) in [5.74, 6) is 0.0225. The van der Waals surface area contributed by atoms with Crippen LogP contribution in [0.3, 0.4) is 0 Å². The minimum atomic E-state index is 0.0225. The number of nitrogen functional groups attached to an aromatic ring is 1. The van der Waals surface area contributed by atoms with Gasteiger partial charge in [-0.1, -0.05) is 23.2 Å². The molecule has 2 rings (SSSR count). The molecule has 1 heterocycles. The Kier molecular flexibility index (Phi) is 4.49. The number of hydrogen-bond donors (Lipinski definition) is 1. The van der Waals surface area contributed by atoms with Gasteiger partial charge in [0.05, 0.1) is 21.8 Å². The van der Waals surface area contributed by atoms with E-state index < -0.39 is 0 Å². The van der Waals surface area contributed by atoms with E-state index in [9.17, 15) is 4.79 Å². The monoisotopic (exact) mass is 287 g/mol. The lowest BCUT2D eigenvalue weighted by Gasteiger charge is -2.09. The van der Waals surface area contributed by atoms with E-state index in [1.54, 1.807) is 12.1 Å². The van der Waals surface area contributed by atoms with Gasteiger partial charge in [0.1, 0.15) is 0 Å². The Morgan fingerprint density at radius 1 is 1.39 bits per heavy atom. The van der Waals surface area contributed by atoms with Crippen LogP contribution in [-0.2, 0) is 4.74 Å². The number of ketones is 1. The summed E-state index contributed by atoms with van der Waals surface area (Å²) in [6, 6.07) is 3.14. The Balaban J connectivity index is 2.00. The largest absolute Gasteiger partial charge is 0.396 e. The maximum absolute atomic E-state index is 12.0. The molecule has 98 valence electrons. The Bertz CT molecular complexity index is 433. The van der Waals surface area contributed by atoms with Crippen LogP contribution in [0.15, 0.2) is 12.1 Å². The van der Waals surface area contributed by atoms with Crippen LogP contribution in [0.2, 0.25) is 10.0 Å². The summed E-state index contributed by atoms with van der Waals surface area (Å²) in [5.41, 5.74) is 6.45. The van der Waals surface area contributed by atoms with Crippen molar-refractivity contribution in [2.45, 2.75) is 31.8 Å². The van der Waals surface area contributed by atoms with Crippen LogP contribution in [0.5, 0.6) is 0 Å². The van der Waals surface area contributed by atoms with E-state index in [4.69, 9.17) is 33.7 Å². The molecule has 0 aliphatic carbocycles. The molecular formula is C13H15Cl2NO2. The first kappa shape index (κ1) is 13.7. The first-order valence-electron chi connectivity index (χ1n) is 5.97. The van der Waals surface area contributed by atoms with E-state index in [1.165, 1.54) is 0 Å². The average Bonchev–Trinajstić information content (AvgIpc) is 2.85. The van der Waals surface area contributed by atoms with Crippen molar-refractivity contribution in [2.75, 3.05) is 12.3 Å². The van der Waals surface area contributed by atoms with Crippen LogP contribution in [0.25, 0.3) is 0 Å². The van der Waals surface area contributed by atoms with Crippen molar-refractivity contribution in [1.82, 2.24) is 0 Å². The molecule has 0 spiro atoms. The van der Waals surface area contributed by atoms with Gasteiger partial charge in [0.2, 0.25) is 0 Å². The van der Waals surface area contributed by atoms with Crippen molar-refractivity contribution in [2.24, 2.45) is 0 Å². The SMILES string of the molecule is Nc1c(Cl)cc(C(=O)CCC2CCCO2)cc1Cl. The fraction of sp³-hybridized carbons (Fsp3) is 0.462. The molecule has 0 saturated carbocycles. The summed E-state index contributed by atoms with van der Waals surface area (Å²) >= 11 is 11.8. The quantitative estimate of drug-likeness (QED) is 0.678. The van der Waals surface area contributed by atoms with E-state index in [2.05, 4.69) is 0 Å². The predicted octanol–water partition coefficient (Wildman–Crippen LogP) is 3.72. The third kappa shape index (κ3) is 3.16. The van der Waals surface area contributed by atoms with E-state index >= 15 is 0 Å². The van der Waals surface area contributed by atoms with Gasteiger partial charge in [-0.2, -0.15) is 0 Å². The summed E-state index contributed by atoms with van der Waals surface area (Å²) in [5, 5.41) is 0.644. The Morgan fingerprint density at radius 2 is 2.06 bits per heavy atom. The molecule has 1 fully saturated rings. The zero-order chi connectivity index (χ0) is 13.1. The topological polar surface area (TPSA) is 52.3 Å². The third-order valence-electron chi connectivity index (χ3n) is 3.12. The van der Waals surface area contributed by atoms with Gasteiger partial charge in [0.25, 0.3) is 0 Å². The van der Waals surface area contributed by atoms with Gasteiger partial charge in [0.15, 0.2) is 5.78 Å². The lowest BCUT2D eigenvalue weighted by atomic mass is 10.0. The second kappa shape index (κ2) is 5.91. The first-order valence-corrected chi connectivity index (χ1v) is 6.73. The maximum Gasteiger partial charge on any atom is 0.163 e. The lowest BCUT2D eigenvalue weighted by Crippen LogP contribution is -2.09. The molecule has 0 amide bonds. The highest BCUT2D eigenvalue weighted by Crippen LogP contribution is 2.29. The zero-order valence-corrected chi connectivity index (χ0v) is 11.4. The van der Waals surface area contributed by atoms with E-state index in [1.807, 2.05) is 0 Å². The van der Waals surface area contributed by atoms with Crippen LogP contribution in [-0.4, -0.2) is 18.5 Å². The van der Waals surface area contributed by atoms with Crippen molar-refractivity contribution < 1.29 is 9.53 Å². The van der Waals surface area contributed by atoms with Gasteiger partial charge in [-0.15, -0.1) is 0 Å². The highest BCUT2D eigenvalue weighted by atomic mass is 35.5. The normalized spacial score (nSPS) is 19.1. The Labute approximate surface area is 116 Å². The fourth-order valence-corrected chi connectivity index (χ4v) is 2.54. The van der Waals surface area contributed by atoms with E-state index in [0.29, 0.717) is 27.7 Å². The molecule has 1 aliphatic rings. The van der Waals surface area contributed by atoms with Gasteiger partial charge in [0, 0.05) is 18.6 Å². The number of ether oxygens (including phenoxy) is 1. The zero-order valence-electron chi connectivity index (χ0n) is 9.92. The van der Waals surface area contributed by atoms with Gasteiger partial charge in [-0.25, -0.2) is 0 Å². The summed E-state index contributed by atoms with van der Waals surface area (Å²) < 4.78 is 5.48. The number of nitrogens with two attached hydrogens (primary N) is 1. The predicted molar refractivity (Wildman–Crippen MR) is 73.4 cm³/mol. The average molecular weight is 288 g/mol. The van der Waals surface area contributed by atoms with Crippen molar-refractivity contribution in [3.8, 4) is 0 Å². The van der Waals surface area contributed by atoms with Crippen LogP contribution in [0, 0.1) is 0 Å². The smallest absolute Gasteiger partial charge is 0.163 e. The van der Waals surface area contributed by atoms with E-state index in [-0.39, 0.29) is 11.9 Å². The number of benzene rings is 1. The molecule has 2 N–H and O–H groups in total. The molecule has 1 aliphatic heterocycles. The standard InChI is InChI=1S/C13H15Cl2NO2/c14-10-6-8(7-11(15)13(10)16)12(17)4-3-9-2-1-5-18-9/h6-7,9H,1-5,16H2. The number of rotatable bonds is 4. The van der Waals surface area contributed by atoms with Crippen molar-refractivity contribution in [3.63, 3.8) is 0 Å². The summed E-state index contributed by atoms with van der Waals surface area (Å²) in [6.07, 6.45) is 3.53. The highest BCUT2D eigenvalue weighted by Gasteiger charge is 2.18. The Morgan fingerprint density at radius 3 is 2.61 bits per heavy atom. The number of halogens is 2. The van der Waals surface area contributed by atoms with Crippen LogP contribution in [0.1, 0.15) is 36.0 Å². The molecule has 18 heavy (non-hydrogen) atoms. The first-order chi connectivity index (χ1) is 8.58. The number of carbonyl (C=O) groups excluding carboxylic acids is 1. The van der Waals surface area contributed by atoms with Crippen molar-refractivity contribution in [3.05, 3.63) is 27.7 Å². The van der Waals surface area contributed by atoms with Gasteiger partial charge in [-0.05, 0) is 31.4 Å². The second-order valence-corrected chi connectivity index (χ2v) is 5.26. The number of hydrogen-bond acceptors (Lipinski definition) is 3. The van der Waals surface area contributed by atoms with Crippen molar-refractivity contribution in [1.29, 1.82) is 0 Å². The van der Waals surface area contributed by atoms with Crippen molar-refractivity contribution >= 4 is 34.7 Å². The fourth-order valence-electron chi connectivity index (χ4n) is 2.05.